The molecular formula is C29H23N3O3. The molecule has 2 heterocycles. The third-order valence-corrected chi connectivity index (χ3v) is 6.25. The van der Waals surface area contributed by atoms with Crippen LogP contribution in [-0.2, 0) is 6.54 Å². The van der Waals surface area contributed by atoms with Crippen LogP contribution in [-0.4, -0.2) is 21.0 Å². The number of carbonyl (C=O) groups is 1. The van der Waals surface area contributed by atoms with Crippen molar-refractivity contribution in [2.24, 2.45) is 0 Å². The minimum Gasteiger partial charge on any atom is -0.478 e. The average molecular weight is 462 g/mol. The number of pyridine rings is 2. The fourth-order valence-electron chi connectivity index (χ4n) is 4.24. The number of nitrogens with one attached hydrogen (secondary N) is 1. The highest BCUT2D eigenvalue weighted by molar-refractivity contribution is 5.95. The monoisotopic (exact) mass is 461 g/mol. The van der Waals surface area contributed by atoms with Gasteiger partial charge in [-0.15, -0.1) is 0 Å². The Kier molecular flexibility index (Phi) is 5.71. The van der Waals surface area contributed by atoms with Gasteiger partial charge in [0.05, 0.1) is 23.3 Å². The van der Waals surface area contributed by atoms with Crippen LogP contribution in [0.15, 0.2) is 83.9 Å². The van der Waals surface area contributed by atoms with Crippen molar-refractivity contribution >= 4 is 33.3 Å². The summed E-state index contributed by atoms with van der Waals surface area (Å²) in [4.78, 5) is 33.9. The lowest BCUT2D eigenvalue weighted by Crippen LogP contribution is -2.05. The van der Waals surface area contributed by atoms with Crippen LogP contribution >= 0.6 is 0 Å². The van der Waals surface area contributed by atoms with Crippen LogP contribution in [0.3, 0.4) is 0 Å². The lowest BCUT2D eigenvalue weighted by Gasteiger charge is -2.08. The molecule has 6 nitrogen and oxygen atoms in total. The molecule has 0 aliphatic carbocycles. The van der Waals surface area contributed by atoms with Crippen molar-refractivity contribution in [1.82, 2.24) is 9.97 Å². The van der Waals surface area contributed by atoms with E-state index in [0.29, 0.717) is 28.4 Å². The van der Waals surface area contributed by atoms with Crippen LogP contribution in [0.25, 0.3) is 32.8 Å². The van der Waals surface area contributed by atoms with E-state index in [-0.39, 0.29) is 11.0 Å². The number of hydrogen-bond donors (Lipinski definition) is 2. The van der Waals surface area contributed by atoms with E-state index in [2.05, 4.69) is 15.3 Å². The number of carboxylic acids is 1. The first kappa shape index (κ1) is 22.2. The summed E-state index contributed by atoms with van der Waals surface area (Å²) in [6.07, 6.45) is 3.48. The second-order valence-electron chi connectivity index (χ2n) is 8.58. The van der Waals surface area contributed by atoms with Crippen molar-refractivity contribution in [3.05, 3.63) is 112 Å². The number of fused-ring (bicyclic) bond motifs is 2. The highest BCUT2D eigenvalue weighted by Crippen LogP contribution is 2.25. The first-order valence-corrected chi connectivity index (χ1v) is 11.3. The molecule has 0 aliphatic heterocycles. The smallest absolute Gasteiger partial charge is 0.335 e. The maximum atomic E-state index is 13.6. The molecule has 2 aromatic heterocycles. The van der Waals surface area contributed by atoms with Crippen molar-refractivity contribution in [3.8, 4) is 11.1 Å². The maximum absolute atomic E-state index is 13.6. The summed E-state index contributed by atoms with van der Waals surface area (Å²) >= 11 is 0. The number of carboxylic acid groups (broad SMARTS) is 1. The van der Waals surface area contributed by atoms with Crippen molar-refractivity contribution < 1.29 is 9.90 Å². The largest absolute Gasteiger partial charge is 0.478 e. The zero-order valence-electron chi connectivity index (χ0n) is 19.4. The van der Waals surface area contributed by atoms with Crippen LogP contribution < -0.4 is 10.7 Å². The molecule has 0 aliphatic rings. The van der Waals surface area contributed by atoms with Gasteiger partial charge in [0.2, 0.25) is 0 Å². The van der Waals surface area contributed by atoms with Gasteiger partial charge in [0, 0.05) is 34.4 Å². The van der Waals surface area contributed by atoms with Crippen LogP contribution in [0.2, 0.25) is 0 Å². The third kappa shape index (κ3) is 4.34. The van der Waals surface area contributed by atoms with Crippen molar-refractivity contribution in [2.45, 2.75) is 20.4 Å². The van der Waals surface area contributed by atoms with Gasteiger partial charge in [0.25, 0.3) is 0 Å². The molecular weight excluding hydrogens is 438 g/mol. The Labute approximate surface area is 201 Å². The standard InChI is InChI=1S/C29H23N3O3/c1-17-4-3-11-30-27(17)16-31-22-8-5-19-7-10-26-25(28(33)24(19)14-22)13-21(15-32-26)20-6-9-23(29(34)35)18(2)12-20/h3-15,31H,16H2,1-2H3,(H,34,35). The first-order chi connectivity index (χ1) is 16.9. The second-order valence-corrected chi connectivity index (χ2v) is 8.58. The van der Waals surface area contributed by atoms with Gasteiger partial charge < -0.3 is 10.4 Å². The fraction of sp³-hybridized carbons (Fsp3) is 0.103. The molecule has 0 spiro atoms. The molecule has 172 valence electrons. The van der Waals surface area contributed by atoms with Crippen LogP contribution in [0, 0.1) is 13.8 Å². The predicted octanol–water partition coefficient (Wildman–Crippen LogP) is 5.74. The number of benzene rings is 2. The minimum atomic E-state index is -0.964. The number of anilines is 1. The molecule has 0 unspecified atom stereocenters. The first-order valence-electron chi connectivity index (χ1n) is 11.3. The number of aromatic nitrogens is 2. The van der Waals surface area contributed by atoms with E-state index in [4.69, 9.17) is 0 Å². The highest BCUT2D eigenvalue weighted by atomic mass is 16.4. The van der Waals surface area contributed by atoms with E-state index >= 15 is 0 Å². The quantitative estimate of drug-likeness (QED) is 0.347. The zero-order chi connectivity index (χ0) is 24.5. The van der Waals surface area contributed by atoms with Crippen LogP contribution in [0.1, 0.15) is 27.2 Å². The van der Waals surface area contributed by atoms with Gasteiger partial charge in [-0.05, 0) is 72.3 Å². The summed E-state index contributed by atoms with van der Waals surface area (Å²) < 4.78 is 0. The Morgan fingerprint density at radius 3 is 2.49 bits per heavy atom. The molecule has 0 saturated carbocycles. The average Bonchev–Trinajstić information content (AvgIpc) is 2.99. The SMILES string of the molecule is Cc1cc(-c2cnc3ccc4ccc(NCc5ncccc5C)cc4c(=O)c3c2)ccc1C(=O)O. The molecule has 6 heteroatoms. The molecule has 0 saturated heterocycles. The number of aromatic carboxylic acids is 1. The number of rotatable bonds is 5. The Balaban J connectivity index is 1.58. The molecule has 0 bridgehead atoms. The number of aryl methyl sites for hydroxylation is 2. The Morgan fingerprint density at radius 1 is 0.886 bits per heavy atom. The van der Waals surface area contributed by atoms with Gasteiger partial charge in [-0.25, -0.2) is 4.79 Å². The lowest BCUT2D eigenvalue weighted by atomic mass is 10.00. The van der Waals surface area contributed by atoms with E-state index < -0.39 is 5.97 Å². The van der Waals surface area contributed by atoms with Gasteiger partial charge in [0.15, 0.2) is 5.43 Å². The maximum Gasteiger partial charge on any atom is 0.335 e. The van der Waals surface area contributed by atoms with Gasteiger partial charge in [-0.1, -0.05) is 30.3 Å². The summed E-state index contributed by atoms with van der Waals surface area (Å²) in [7, 11) is 0. The molecule has 0 radical (unpaired) electrons. The number of hydrogen-bond acceptors (Lipinski definition) is 5. The summed E-state index contributed by atoms with van der Waals surface area (Å²) in [5.41, 5.74) is 5.87. The number of nitrogens with zero attached hydrogens (tertiary/aromatic N) is 2. The normalized spacial score (nSPS) is 11.0. The van der Waals surface area contributed by atoms with Gasteiger partial charge in [0.1, 0.15) is 0 Å². The molecule has 0 atom stereocenters. The van der Waals surface area contributed by atoms with Gasteiger partial charge in [-0.3, -0.25) is 14.8 Å². The minimum absolute atomic E-state index is 0.106. The zero-order valence-corrected chi connectivity index (χ0v) is 19.4. The van der Waals surface area contributed by atoms with E-state index in [1.165, 1.54) is 0 Å². The summed E-state index contributed by atoms with van der Waals surface area (Å²) in [6.45, 7) is 4.34. The Hall–Kier alpha value is -4.58. The van der Waals surface area contributed by atoms with E-state index in [9.17, 15) is 14.7 Å². The van der Waals surface area contributed by atoms with Gasteiger partial charge >= 0.3 is 5.97 Å². The molecule has 5 rings (SSSR count). The molecule has 2 N–H and O–H groups in total. The predicted molar refractivity (Wildman–Crippen MR) is 139 cm³/mol. The molecule has 3 aromatic carbocycles. The summed E-state index contributed by atoms with van der Waals surface area (Å²) in [5.74, 6) is -0.964. The molecule has 5 aromatic rings. The lowest BCUT2D eigenvalue weighted by molar-refractivity contribution is 0.0696. The van der Waals surface area contributed by atoms with Crippen molar-refractivity contribution in [2.75, 3.05) is 5.32 Å². The Bertz CT molecular complexity index is 1680. The van der Waals surface area contributed by atoms with E-state index in [1.807, 2.05) is 55.5 Å². The summed E-state index contributed by atoms with van der Waals surface area (Å²) in [6, 6.07) is 20.4. The fourth-order valence-corrected chi connectivity index (χ4v) is 4.24. The third-order valence-electron chi connectivity index (χ3n) is 6.25. The molecule has 0 amide bonds. The summed E-state index contributed by atoms with van der Waals surface area (Å²) in [5, 5.41) is 14.6. The highest BCUT2D eigenvalue weighted by Gasteiger charge is 2.11. The van der Waals surface area contributed by atoms with Crippen LogP contribution in [0.5, 0.6) is 0 Å². The van der Waals surface area contributed by atoms with E-state index in [0.717, 1.165) is 33.5 Å². The second kappa shape index (κ2) is 8.99. The van der Waals surface area contributed by atoms with E-state index in [1.54, 1.807) is 37.5 Å². The topological polar surface area (TPSA) is 92.2 Å². The van der Waals surface area contributed by atoms with Crippen molar-refractivity contribution in [1.29, 1.82) is 0 Å². The molecule has 35 heavy (non-hydrogen) atoms. The molecule has 0 fully saturated rings. The van der Waals surface area contributed by atoms with Gasteiger partial charge in [-0.2, -0.15) is 0 Å². The Morgan fingerprint density at radius 2 is 1.71 bits per heavy atom. The van der Waals surface area contributed by atoms with Crippen LogP contribution in [0.4, 0.5) is 5.69 Å². The van der Waals surface area contributed by atoms with Crippen molar-refractivity contribution in [3.63, 3.8) is 0 Å².